The van der Waals surface area contributed by atoms with E-state index in [1.54, 1.807) is 49.1 Å². The van der Waals surface area contributed by atoms with Gasteiger partial charge in [0.15, 0.2) is 5.65 Å². The van der Waals surface area contributed by atoms with E-state index in [4.69, 9.17) is 5.26 Å². The molecule has 1 aromatic carbocycles. The molecule has 8 heteroatoms. The van der Waals surface area contributed by atoms with Gasteiger partial charge in [0.25, 0.3) is 0 Å². The lowest BCUT2D eigenvalue weighted by atomic mass is 10.2. The number of fused-ring (bicyclic) bond motifs is 1. The van der Waals surface area contributed by atoms with Crippen LogP contribution in [0, 0.1) is 11.3 Å². The zero-order chi connectivity index (χ0) is 17.1. The monoisotopic (exact) mass is 338 g/mol. The van der Waals surface area contributed by atoms with E-state index in [9.17, 15) is 4.79 Å². The molecule has 0 saturated heterocycles. The fourth-order valence-corrected chi connectivity index (χ4v) is 3.06. The summed E-state index contributed by atoms with van der Waals surface area (Å²) in [6, 6.07) is 8.97. The molecule has 0 aliphatic heterocycles. The Kier molecular flexibility index (Phi) is 4.44. The lowest BCUT2D eigenvalue weighted by Crippen LogP contribution is -2.23. The minimum Gasteiger partial charge on any atom is -0.324 e. The number of carbonyl (C=O) groups is 1. The molecule has 2 aromatic heterocycles. The fraction of sp³-hybridized carbons (Fsp3) is 0.188. The van der Waals surface area contributed by atoms with E-state index in [0.29, 0.717) is 16.3 Å². The Morgan fingerprint density at radius 1 is 1.38 bits per heavy atom. The lowest BCUT2D eigenvalue weighted by Gasteiger charge is -2.12. The normalized spacial score (nSPS) is 11.9. The van der Waals surface area contributed by atoms with Crippen LogP contribution in [0.25, 0.3) is 11.0 Å². The number of carbonyl (C=O) groups excluding carboxylic acids is 1. The Morgan fingerprint density at radius 3 is 2.96 bits per heavy atom. The number of nitrogens with one attached hydrogen (secondary N) is 1. The summed E-state index contributed by atoms with van der Waals surface area (Å²) < 4.78 is 1.66. The highest BCUT2D eigenvalue weighted by atomic mass is 32.2. The zero-order valence-electron chi connectivity index (χ0n) is 13.1. The molecule has 3 rings (SSSR count). The number of benzene rings is 1. The highest BCUT2D eigenvalue weighted by Gasteiger charge is 2.19. The van der Waals surface area contributed by atoms with Gasteiger partial charge in [0.05, 0.1) is 28.1 Å². The third-order valence-electron chi connectivity index (χ3n) is 3.46. The van der Waals surface area contributed by atoms with E-state index in [1.165, 1.54) is 18.1 Å². The molecule has 0 fully saturated rings. The number of thioether (sulfide) groups is 1. The number of amides is 1. The van der Waals surface area contributed by atoms with Gasteiger partial charge >= 0.3 is 0 Å². The number of aryl methyl sites for hydroxylation is 1. The first-order valence-corrected chi connectivity index (χ1v) is 8.07. The highest BCUT2D eigenvalue weighted by molar-refractivity contribution is 8.00. The van der Waals surface area contributed by atoms with Gasteiger partial charge in [0, 0.05) is 7.05 Å². The molecule has 120 valence electrons. The average Bonchev–Trinajstić information content (AvgIpc) is 2.97. The lowest BCUT2D eigenvalue weighted by molar-refractivity contribution is -0.115. The van der Waals surface area contributed by atoms with E-state index in [2.05, 4.69) is 26.5 Å². The average molecular weight is 338 g/mol. The first kappa shape index (κ1) is 16.0. The summed E-state index contributed by atoms with van der Waals surface area (Å²) in [5, 5.41) is 17.2. The fourth-order valence-electron chi connectivity index (χ4n) is 2.18. The first-order valence-electron chi connectivity index (χ1n) is 7.19. The number of rotatable bonds is 4. The Balaban J connectivity index is 1.78. The predicted molar refractivity (Wildman–Crippen MR) is 91.4 cm³/mol. The molecule has 0 aliphatic rings. The van der Waals surface area contributed by atoms with Gasteiger partial charge in [-0.2, -0.15) is 10.4 Å². The van der Waals surface area contributed by atoms with Crippen molar-refractivity contribution in [1.82, 2.24) is 19.7 Å². The van der Waals surface area contributed by atoms with Gasteiger partial charge in [-0.15, -0.1) is 0 Å². The van der Waals surface area contributed by atoms with Crippen molar-refractivity contribution in [3.05, 3.63) is 42.4 Å². The van der Waals surface area contributed by atoms with Gasteiger partial charge in [0.1, 0.15) is 17.4 Å². The number of aromatic nitrogens is 4. The standard InChI is InChI=1S/C16H14N6OS/c1-10(15(23)21-13-6-4-3-5-11(13)7-17)24-16-12-8-20-22(2)14(12)18-9-19-16/h3-6,8-10H,1-2H3,(H,21,23). The quantitative estimate of drug-likeness (QED) is 0.579. The topological polar surface area (TPSA) is 96.5 Å². The van der Waals surface area contributed by atoms with Crippen LogP contribution in [0.3, 0.4) is 0 Å². The van der Waals surface area contributed by atoms with Gasteiger partial charge in [0.2, 0.25) is 5.91 Å². The highest BCUT2D eigenvalue weighted by Crippen LogP contribution is 2.28. The minimum absolute atomic E-state index is 0.196. The molecule has 2 heterocycles. The van der Waals surface area contributed by atoms with Gasteiger partial charge in [-0.05, 0) is 19.1 Å². The molecule has 0 bridgehead atoms. The van der Waals surface area contributed by atoms with Crippen molar-refractivity contribution in [2.75, 3.05) is 5.32 Å². The van der Waals surface area contributed by atoms with Crippen LogP contribution in [-0.4, -0.2) is 30.9 Å². The summed E-state index contributed by atoms with van der Waals surface area (Å²) >= 11 is 1.33. The van der Waals surface area contributed by atoms with Crippen LogP contribution in [0.1, 0.15) is 12.5 Å². The summed E-state index contributed by atoms with van der Waals surface area (Å²) in [5.74, 6) is -0.196. The molecule has 1 unspecified atom stereocenters. The van der Waals surface area contributed by atoms with E-state index in [-0.39, 0.29) is 5.91 Å². The van der Waals surface area contributed by atoms with E-state index in [1.807, 2.05) is 0 Å². The van der Waals surface area contributed by atoms with E-state index >= 15 is 0 Å². The first-order chi connectivity index (χ1) is 11.6. The van der Waals surface area contributed by atoms with Crippen LogP contribution in [0.5, 0.6) is 0 Å². The molecular weight excluding hydrogens is 324 g/mol. The second-order valence-electron chi connectivity index (χ2n) is 5.09. The number of nitrogens with zero attached hydrogens (tertiary/aromatic N) is 5. The molecule has 0 radical (unpaired) electrons. The number of nitriles is 1. The Hall–Kier alpha value is -2.92. The van der Waals surface area contributed by atoms with Gasteiger partial charge in [-0.1, -0.05) is 23.9 Å². The minimum atomic E-state index is -0.393. The summed E-state index contributed by atoms with van der Waals surface area (Å²) in [5.41, 5.74) is 1.65. The molecule has 1 N–H and O–H groups in total. The van der Waals surface area contributed by atoms with Crippen molar-refractivity contribution in [2.24, 2.45) is 7.05 Å². The molecule has 1 atom stereocenters. The number of para-hydroxylation sites is 1. The van der Waals surface area contributed by atoms with Crippen LogP contribution >= 0.6 is 11.8 Å². The zero-order valence-corrected chi connectivity index (χ0v) is 13.9. The van der Waals surface area contributed by atoms with Crippen molar-refractivity contribution in [3.8, 4) is 6.07 Å². The summed E-state index contributed by atoms with van der Waals surface area (Å²) in [7, 11) is 1.80. The number of hydrogen-bond donors (Lipinski definition) is 1. The third kappa shape index (κ3) is 3.07. The molecule has 24 heavy (non-hydrogen) atoms. The van der Waals surface area contributed by atoms with Crippen molar-refractivity contribution < 1.29 is 4.79 Å². The third-order valence-corrected chi connectivity index (χ3v) is 4.57. The van der Waals surface area contributed by atoms with Crippen LogP contribution in [0.2, 0.25) is 0 Å². The molecule has 0 aliphatic carbocycles. The molecule has 0 spiro atoms. The van der Waals surface area contributed by atoms with Crippen LogP contribution in [0.15, 0.2) is 41.8 Å². The van der Waals surface area contributed by atoms with Crippen molar-refractivity contribution in [3.63, 3.8) is 0 Å². The molecule has 0 saturated carbocycles. The Bertz CT molecular complexity index is 945. The van der Waals surface area contributed by atoms with Crippen LogP contribution in [0.4, 0.5) is 5.69 Å². The largest absolute Gasteiger partial charge is 0.324 e. The summed E-state index contributed by atoms with van der Waals surface area (Å²) in [6.07, 6.45) is 3.15. The van der Waals surface area contributed by atoms with E-state index < -0.39 is 5.25 Å². The van der Waals surface area contributed by atoms with Crippen LogP contribution in [-0.2, 0) is 11.8 Å². The van der Waals surface area contributed by atoms with Crippen molar-refractivity contribution >= 4 is 34.4 Å². The molecule has 3 aromatic rings. The molecule has 1 amide bonds. The molecule has 7 nitrogen and oxygen atoms in total. The van der Waals surface area contributed by atoms with Gasteiger partial charge < -0.3 is 5.32 Å². The van der Waals surface area contributed by atoms with Crippen LogP contribution < -0.4 is 5.32 Å². The van der Waals surface area contributed by atoms with Gasteiger partial charge in [-0.25, -0.2) is 9.97 Å². The molecular formula is C16H14N6OS. The number of anilines is 1. The maximum Gasteiger partial charge on any atom is 0.237 e. The smallest absolute Gasteiger partial charge is 0.237 e. The van der Waals surface area contributed by atoms with Gasteiger partial charge in [-0.3, -0.25) is 9.48 Å². The maximum atomic E-state index is 12.4. The maximum absolute atomic E-state index is 12.4. The van der Waals surface area contributed by atoms with Crippen molar-refractivity contribution in [2.45, 2.75) is 17.2 Å². The Labute approximate surface area is 142 Å². The Morgan fingerprint density at radius 2 is 2.17 bits per heavy atom. The number of hydrogen-bond acceptors (Lipinski definition) is 6. The second-order valence-corrected chi connectivity index (χ2v) is 6.42. The SMILES string of the molecule is CC(Sc1ncnc2c1cnn2C)C(=O)Nc1ccccc1C#N. The summed E-state index contributed by atoms with van der Waals surface area (Å²) in [4.78, 5) is 20.9. The van der Waals surface area contributed by atoms with E-state index in [0.717, 1.165) is 11.0 Å². The predicted octanol–water partition coefficient (Wildman–Crippen LogP) is 2.35. The van der Waals surface area contributed by atoms with Crippen molar-refractivity contribution in [1.29, 1.82) is 5.26 Å². The summed E-state index contributed by atoms with van der Waals surface area (Å²) in [6.45, 7) is 1.79. The second kappa shape index (κ2) is 6.68.